The van der Waals surface area contributed by atoms with E-state index in [1.165, 1.54) is 24.8 Å². The molecule has 3 unspecified atom stereocenters. The monoisotopic (exact) mass is 362 g/mol. The molecule has 3 heteroatoms. The third kappa shape index (κ3) is 3.54. The zero-order valence-corrected chi connectivity index (χ0v) is 13.1. The van der Waals surface area contributed by atoms with E-state index in [0.717, 1.165) is 12.3 Å². The summed E-state index contributed by atoms with van der Waals surface area (Å²) in [5, 5.41) is 0. The van der Waals surface area contributed by atoms with Crippen molar-refractivity contribution >= 4 is 31.9 Å². The van der Waals surface area contributed by atoms with E-state index in [9.17, 15) is 4.39 Å². The summed E-state index contributed by atoms with van der Waals surface area (Å²) >= 11 is 7.04. The van der Waals surface area contributed by atoms with Gasteiger partial charge in [0.2, 0.25) is 0 Å². The van der Waals surface area contributed by atoms with Crippen molar-refractivity contribution < 1.29 is 4.39 Å². The number of rotatable bonds is 2. The third-order valence-corrected chi connectivity index (χ3v) is 5.45. The summed E-state index contributed by atoms with van der Waals surface area (Å²) in [6.07, 6.45) is 4.89. The van der Waals surface area contributed by atoms with Gasteiger partial charge in [-0.2, -0.15) is 0 Å². The summed E-state index contributed by atoms with van der Waals surface area (Å²) in [6, 6.07) is 5.36. The molecule has 3 atom stereocenters. The summed E-state index contributed by atoms with van der Waals surface area (Å²) in [6.45, 7) is 2.33. The van der Waals surface area contributed by atoms with Crippen LogP contribution in [0.4, 0.5) is 4.39 Å². The van der Waals surface area contributed by atoms with Crippen molar-refractivity contribution in [2.45, 2.75) is 37.4 Å². The second-order valence-corrected chi connectivity index (χ2v) is 7.18. The Morgan fingerprint density at radius 2 is 2.12 bits per heavy atom. The second kappa shape index (κ2) is 5.83. The maximum Gasteiger partial charge on any atom is 0.137 e. The largest absolute Gasteiger partial charge is 0.206 e. The van der Waals surface area contributed by atoms with Gasteiger partial charge in [-0.15, -0.1) is 0 Å². The summed E-state index contributed by atoms with van der Waals surface area (Å²) < 4.78 is 13.7. The van der Waals surface area contributed by atoms with E-state index in [1.807, 2.05) is 12.1 Å². The molecule has 0 N–H and O–H groups in total. The van der Waals surface area contributed by atoms with E-state index in [1.54, 1.807) is 6.07 Å². The molecule has 0 aromatic heterocycles. The Bertz CT molecular complexity index is 392. The summed E-state index contributed by atoms with van der Waals surface area (Å²) in [7, 11) is 0. The highest BCUT2D eigenvalue weighted by atomic mass is 79.9. The first-order valence-corrected chi connectivity index (χ1v) is 7.85. The van der Waals surface area contributed by atoms with E-state index in [-0.39, 0.29) is 5.82 Å². The molecular weight excluding hydrogens is 347 g/mol. The van der Waals surface area contributed by atoms with Crippen LogP contribution in [-0.4, -0.2) is 4.83 Å². The van der Waals surface area contributed by atoms with Gasteiger partial charge >= 0.3 is 0 Å². The minimum Gasteiger partial charge on any atom is -0.206 e. The van der Waals surface area contributed by atoms with Crippen LogP contribution in [0.2, 0.25) is 0 Å². The fourth-order valence-corrected chi connectivity index (χ4v) is 3.74. The van der Waals surface area contributed by atoms with Crippen molar-refractivity contribution in [1.82, 2.24) is 0 Å². The number of benzene rings is 1. The van der Waals surface area contributed by atoms with Crippen molar-refractivity contribution in [2.75, 3.05) is 0 Å². The SMILES string of the molecule is CC1CCC(Br)C(Cc2ccc(F)c(Br)c2)C1. The Labute approximate surface area is 119 Å². The van der Waals surface area contributed by atoms with Crippen molar-refractivity contribution in [2.24, 2.45) is 11.8 Å². The molecule has 0 spiro atoms. The third-order valence-electron chi connectivity index (χ3n) is 3.63. The van der Waals surface area contributed by atoms with E-state index >= 15 is 0 Å². The summed E-state index contributed by atoms with van der Waals surface area (Å²) in [4.78, 5) is 0.613. The van der Waals surface area contributed by atoms with Crippen LogP contribution >= 0.6 is 31.9 Å². The fourth-order valence-electron chi connectivity index (χ4n) is 2.64. The molecule has 0 aliphatic heterocycles. The first-order chi connectivity index (χ1) is 8.06. The topological polar surface area (TPSA) is 0 Å². The van der Waals surface area contributed by atoms with Crippen molar-refractivity contribution in [3.05, 3.63) is 34.1 Å². The molecule has 1 saturated carbocycles. The molecule has 1 aliphatic carbocycles. The zero-order chi connectivity index (χ0) is 12.4. The van der Waals surface area contributed by atoms with Gasteiger partial charge in [0.05, 0.1) is 4.47 Å². The van der Waals surface area contributed by atoms with Crippen LogP contribution in [0.3, 0.4) is 0 Å². The highest BCUT2D eigenvalue weighted by Gasteiger charge is 2.26. The van der Waals surface area contributed by atoms with Crippen LogP contribution in [0, 0.1) is 17.7 Å². The predicted molar refractivity (Wildman–Crippen MR) is 77.0 cm³/mol. The van der Waals surface area contributed by atoms with E-state index in [0.29, 0.717) is 15.2 Å². The van der Waals surface area contributed by atoms with Gasteiger partial charge in [0.25, 0.3) is 0 Å². The lowest BCUT2D eigenvalue weighted by molar-refractivity contribution is 0.294. The number of halogens is 3. The van der Waals surface area contributed by atoms with E-state index in [2.05, 4.69) is 38.8 Å². The highest BCUT2D eigenvalue weighted by molar-refractivity contribution is 9.10. The molecule has 0 amide bonds. The molecule has 1 fully saturated rings. The van der Waals surface area contributed by atoms with Gasteiger partial charge in [0, 0.05) is 4.83 Å². The van der Waals surface area contributed by atoms with Crippen molar-refractivity contribution in [1.29, 1.82) is 0 Å². The Balaban J connectivity index is 2.06. The summed E-state index contributed by atoms with van der Waals surface area (Å²) in [5.41, 5.74) is 1.22. The van der Waals surface area contributed by atoms with Gasteiger partial charge in [0.15, 0.2) is 0 Å². The minimum atomic E-state index is -0.179. The first-order valence-electron chi connectivity index (χ1n) is 6.14. The standard InChI is InChI=1S/C14H17Br2F/c1-9-2-4-12(15)11(6-9)7-10-3-5-14(17)13(16)8-10/h3,5,8-9,11-12H,2,4,6-7H2,1H3. The van der Waals surface area contributed by atoms with Crippen LogP contribution in [0.5, 0.6) is 0 Å². The molecular formula is C14H17Br2F. The smallest absolute Gasteiger partial charge is 0.137 e. The Morgan fingerprint density at radius 3 is 2.82 bits per heavy atom. The van der Waals surface area contributed by atoms with Gasteiger partial charge in [-0.1, -0.05) is 28.9 Å². The molecule has 17 heavy (non-hydrogen) atoms. The lowest BCUT2D eigenvalue weighted by atomic mass is 9.79. The molecule has 0 nitrogen and oxygen atoms in total. The highest BCUT2D eigenvalue weighted by Crippen LogP contribution is 2.35. The average Bonchev–Trinajstić information content (AvgIpc) is 2.29. The molecule has 1 aliphatic rings. The first kappa shape index (κ1) is 13.5. The van der Waals surface area contributed by atoms with Crippen LogP contribution in [0.1, 0.15) is 31.7 Å². The molecule has 94 valence electrons. The van der Waals surface area contributed by atoms with Crippen molar-refractivity contribution in [3.63, 3.8) is 0 Å². The molecule has 0 bridgehead atoms. The van der Waals surface area contributed by atoms with Crippen molar-refractivity contribution in [3.8, 4) is 0 Å². The van der Waals surface area contributed by atoms with Crippen LogP contribution in [0.25, 0.3) is 0 Å². The van der Waals surface area contributed by atoms with Crippen LogP contribution < -0.4 is 0 Å². The molecule has 2 rings (SSSR count). The maximum absolute atomic E-state index is 13.2. The maximum atomic E-state index is 13.2. The normalized spacial score (nSPS) is 29.3. The molecule has 1 aromatic rings. The molecule has 1 aromatic carbocycles. The number of alkyl halides is 1. The second-order valence-electron chi connectivity index (χ2n) is 5.15. The summed E-state index contributed by atoms with van der Waals surface area (Å²) in [5.74, 6) is 1.31. The van der Waals surface area contributed by atoms with Crippen LogP contribution in [0.15, 0.2) is 22.7 Å². The lowest BCUT2D eigenvalue weighted by Gasteiger charge is -2.31. The Kier molecular flexibility index (Phi) is 4.65. The lowest BCUT2D eigenvalue weighted by Crippen LogP contribution is -2.25. The zero-order valence-electron chi connectivity index (χ0n) is 9.93. The Morgan fingerprint density at radius 1 is 1.35 bits per heavy atom. The fraction of sp³-hybridized carbons (Fsp3) is 0.571. The van der Waals surface area contributed by atoms with Gasteiger partial charge in [-0.3, -0.25) is 0 Å². The van der Waals surface area contributed by atoms with Gasteiger partial charge in [-0.05, 0) is 71.1 Å². The van der Waals surface area contributed by atoms with E-state index in [4.69, 9.17) is 0 Å². The quantitative estimate of drug-likeness (QED) is 0.623. The average molecular weight is 364 g/mol. The number of hydrogen-bond donors (Lipinski definition) is 0. The Hall–Kier alpha value is 0.110. The van der Waals surface area contributed by atoms with Crippen LogP contribution in [-0.2, 0) is 6.42 Å². The van der Waals surface area contributed by atoms with Gasteiger partial charge < -0.3 is 0 Å². The predicted octanol–water partition coefficient (Wildman–Crippen LogP) is 5.33. The van der Waals surface area contributed by atoms with E-state index < -0.39 is 0 Å². The van der Waals surface area contributed by atoms with Gasteiger partial charge in [0.1, 0.15) is 5.82 Å². The molecule has 0 radical (unpaired) electrons. The molecule has 0 saturated heterocycles. The number of hydrogen-bond acceptors (Lipinski definition) is 0. The molecule has 0 heterocycles. The van der Waals surface area contributed by atoms with Gasteiger partial charge in [-0.25, -0.2) is 4.39 Å². The minimum absolute atomic E-state index is 0.179.